The molecule has 0 aliphatic heterocycles. The molecule has 0 spiro atoms. The molecule has 2 N–H and O–H groups in total. The van der Waals surface area contributed by atoms with Crippen LogP contribution in [0.3, 0.4) is 0 Å². The second-order valence-corrected chi connectivity index (χ2v) is 3.83. The lowest BCUT2D eigenvalue weighted by atomic mass is 10.3. The van der Waals surface area contributed by atoms with E-state index in [9.17, 15) is 9.59 Å². The minimum Gasteiger partial charge on any atom is -0.308 e. The number of imide groups is 1. The molecule has 0 heterocycles. The molecule has 0 unspecified atom stereocenters. The molecule has 0 fully saturated rings. The Morgan fingerprint density at radius 2 is 2.13 bits per heavy atom. The van der Waals surface area contributed by atoms with Crippen LogP contribution in [0.5, 0.6) is 0 Å². The molecule has 0 bridgehead atoms. The van der Waals surface area contributed by atoms with Gasteiger partial charge in [0, 0.05) is 10.2 Å². The molecule has 0 aliphatic carbocycles. The predicted octanol–water partition coefficient (Wildman–Crippen LogP) is 2.34. The minimum atomic E-state index is -0.598. The Labute approximate surface area is 100 Å². The van der Waals surface area contributed by atoms with Crippen molar-refractivity contribution in [2.45, 2.75) is 0 Å². The van der Waals surface area contributed by atoms with Crippen molar-refractivity contribution in [2.75, 3.05) is 11.2 Å². The summed E-state index contributed by atoms with van der Waals surface area (Å²) < 4.78 is 0.837. The summed E-state index contributed by atoms with van der Waals surface area (Å²) in [4.78, 5) is 21.9. The fourth-order valence-corrected chi connectivity index (χ4v) is 1.35. The van der Waals surface area contributed by atoms with Gasteiger partial charge in [0.05, 0.1) is 0 Å². The van der Waals surface area contributed by atoms with E-state index in [1.807, 2.05) is 6.07 Å². The molecule has 0 radical (unpaired) electrons. The van der Waals surface area contributed by atoms with Crippen LogP contribution in [-0.4, -0.2) is 17.8 Å². The lowest BCUT2D eigenvalue weighted by Crippen LogP contribution is -2.35. The average molecular weight is 292 g/mol. The highest BCUT2D eigenvalue weighted by Gasteiger charge is 2.05. The van der Waals surface area contributed by atoms with Crippen LogP contribution in [-0.2, 0) is 4.79 Å². The molecule has 15 heavy (non-hydrogen) atoms. The van der Waals surface area contributed by atoms with Crippen molar-refractivity contribution >= 4 is 45.2 Å². The van der Waals surface area contributed by atoms with Gasteiger partial charge in [-0.25, -0.2) is 4.79 Å². The van der Waals surface area contributed by atoms with Gasteiger partial charge < -0.3 is 5.32 Å². The summed E-state index contributed by atoms with van der Waals surface area (Å²) in [6.45, 7) is 0. The summed E-state index contributed by atoms with van der Waals surface area (Å²) >= 11 is 8.48. The van der Waals surface area contributed by atoms with Crippen molar-refractivity contribution in [3.63, 3.8) is 0 Å². The van der Waals surface area contributed by atoms with Crippen LogP contribution in [0.4, 0.5) is 10.5 Å². The zero-order chi connectivity index (χ0) is 11.3. The molecule has 0 aliphatic rings. The summed E-state index contributed by atoms with van der Waals surface area (Å²) in [7, 11) is 0. The van der Waals surface area contributed by atoms with E-state index in [-0.39, 0.29) is 5.88 Å². The number of hydrogen-bond donors (Lipinski definition) is 2. The van der Waals surface area contributed by atoms with E-state index >= 15 is 0 Å². The highest BCUT2D eigenvalue weighted by Crippen LogP contribution is 2.15. The van der Waals surface area contributed by atoms with Gasteiger partial charge in [-0.1, -0.05) is 22.0 Å². The molecule has 1 aromatic carbocycles. The van der Waals surface area contributed by atoms with Crippen molar-refractivity contribution in [1.82, 2.24) is 5.32 Å². The number of alkyl halides is 1. The molecule has 4 nitrogen and oxygen atoms in total. The van der Waals surface area contributed by atoms with E-state index in [2.05, 4.69) is 26.6 Å². The number of halogens is 2. The first-order valence-corrected chi connectivity index (χ1v) is 5.37. The Hall–Kier alpha value is -1.07. The summed E-state index contributed by atoms with van der Waals surface area (Å²) in [6.07, 6.45) is 0. The first-order chi connectivity index (χ1) is 7.11. The molecule has 1 rings (SSSR count). The Kier molecular flexibility index (Phi) is 4.58. The smallest absolute Gasteiger partial charge is 0.308 e. The maximum absolute atomic E-state index is 11.2. The second kappa shape index (κ2) is 5.72. The SMILES string of the molecule is O=C(CCl)NC(=O)Nc1cccc(Br)c1. The molecule has 0 saturated carbocycles. The van der Waals surface area contributed by atoms with Crippen molar-refractivity contribution < 1.29 is 9.59 Å². The van der Waals surface area contributed by atoms with Gasteiger partial charge in [0.2, 0.25) is 5.91 Å². The van der Waals surface area contributed by atoms with Crippen LogP contribution >= 0.6 is 27.5 Å². The number of carbonyl (C=O) groups excluding carboxylic acids is 2. The van der Waals surface area contributed by atoms with Gasteiger partial charge in [-0.15, -0.1) is 11.6 Å². The maximum Gasteiger partial charge on any atom is 0.325 e. The average Bonchev–Trinajstić information content (AvgIpc) is 2.17. The number of amides is 3. The van der Waals surface area contributed by atoms with Gasteiger partial charge in [0.1, 0.15) is 5.88 Å². The molecule has 0 atom stereocenters. The topological polar surface area (TPSA) is 58.2 Å². The first-order valence-electron chi connectivity index (χ1n) is 4.04. The van der Waals surface area contributed by atoms with Crippen LogP contribution < -0.4 is 10.6 Å². The Bertz CT molecular complexity index is 384. The number of nitrogens with one attached hydrogen (secondary N) is 2. The second-order valence-electron chi connectivity index (χ2n) is 2.65. The molecular formula is C9H8BrClN2O2. The lowest BCUT2D eigenvalue weighted by Gasteiger charge is -2.05. The van der Waals surface area contributed by atoms with Crippen LogP contribution in [0, 0.1) is 0 Å². The van der Waals surface area contributed by atoms with Crippen molar-refractivity contribution in [1.29, 1.82) is 0 Å². The maximum atomic E-state index is 11.2. The molecule has 3 amide bonds. The number of benzene rings is 1. The number of carbonyl (C=O) groups is 2. The highest BCUT2D eigenvalue weighted by molar-refractivity contribution is 9.10. The highest BCUT2D eigenvalue weighted by atomic mass is 79.9. The molecule has 0 saturated heterocycles. The van der Waals surface area contributed by atoms with Crippen LogP contribution in [0.2, 0.25) is 0 Å². The van der Waals surface area contributed by atoms with Crippen molar-refractivity contribution in [2.24, 2.45) is 0 Å². The number of hydrogen-bond acceptors (Lipinski definition) is 2. The third kappa shape index (κ3) is 4.31. The van der Waals surface area contributed by atoms with Crippen LogP contribution in [0.1, 0.15) is 0 Å². The van der Waals surface area contributed by atoms with Crippen LogP contribution in [0.15, 0.2) is 28.7 Å². The normalized spacial score (nSPS) is 9.47. The van der Waals surface area contributed by atoms with Crippen molar-refractivity contribution in [3.05, 3.63) is 28.7 Å². The number of urea groups is 1. The molecular weight excluding hydrogens is 283 g/mol. The number of anilines is 1. The fraction of sp³-hybridized carbons (Fsp3) is 0.111. The minimum absolute atomic E-state index is 0.244. The zero-order valence-corrected chi connectivity index (χ0v) is 9.93. The quantitative estimate of drug-likeness (QED) is 0.822. The third-order valence-corrected chi connectivity index (χ3v) is 2.19. The standard InChI is InChI=1S/C9H8BrClN2O2/c10-6-2-1-3-7(4-6)12-9(15)13-8(14)5-11/h1-4H,5H2,(H2,12,13,14,15). The molecule has 1 aromatic rings. The number of rotatable bonds is 2. The summed E-state index contributed by atoms with van der Waals surface area (Å²) in [5, 5.41) is 4.55. The summed E-state index contributed by atoms with van der Waals surface area (Å²) in [6, 6.07) is 6.41. The van der Waals surface area contributed by atoms with E-state index in [0.717, 1.165) is 4.47 Å². The van der Waals surface area contributed by atoms with E-state index in [0.29, 0.717) is 5.69 Å². The largest absolute Gasteiger partial charge is 0.325 e. The summed E-state index contributed by atoms with van der Waals surface area (Å²) in [5.74, 6) is -0.782. The fourth-order valence-electron chi connectivity index (χ4n) is 0.889. The molecule has 6 heteroatoms. The predicted molar refractivity (Wildman–Crippen MR) is 62.0 cm³/mol. The van der Waals surface area contributed by atoms with Gasteiger partial charge in [-0.3, -0.25) is 10.1 Å². The van der Waals surface area contributed by atoms with Gasteiger partial charge >= 0.3 is 6.03 Å². The first kappa shape index (κ1) is 12.0. The van der Waals surface area contributed by atoms with Gasteiger partial charge in [0.25, 0.3) is 0 Å². The van der Waals surface area contributed by atoms with Crippen molar-refractivity contribution in [3.8, 4) is 0 Å². The molecule has 80 valence electrons. The monoisotopic (exact) mass is 290 g/mol. The third-order valence-electron chi connectivity index (χ3n) is 1.46. The van der Waals surface area contributed by atoms with Gasteiger partial charge in [-0.05, 0) is 18.2 Å². The van der Waals surface area contributed by atoms with E-state index in [1.165, 1.54) is 0 Å². The Morgan fingerprint density at radius 3 is 2.73 bits per heavy atom. The summed E-state index contributed by atoms with van der Waals surface area (Å²) in [5.41, 5.74) is 0.587. The van der Waals surface area contributed by atoms with Crippen LogP contribution in [0.25, 0.3) is 0 Å². The van der Waals surface area contributed by atoms with E-state index < -0.39 is 11.9 Å². The zero-order valence-electron chi connectivity index (χ0n) is 7.59. The van der Waals surface area contributed by atoms with E-state index in [4.69, 9.17) is 11.6 Å². The Morgan fingerprint density at radius 1 is 1.40 bits per heavy atom. The van der Waals surface area contributed by atoms with E-state index in [1.54, 1.807) is 18.2 Å². The molecule has 0 aromatic heterocycles. The van der Waals surface area contributed by atoms with Gasteiger partial charge in [0.15, 0.2) is 0 Å². The Balaban J connectivity index is 2.55. The van der Waals surface area contributed by atoms with Gasteiger partial charge in [-0.2, -0.15) is 0 Å². The lowest BCUT2D eigenvalue weighted by molar-refractivity contribution is -0.117.